The van der Waals surface area contributed by atoms with Gasteiger partial charge in [-0.05, 0) is 37.5 Å². The fourth-order valence-electron chi connectivity index (χ4n) is 3.38. The second kappa shape index (κ2) is 7.02. The fraction of sp³-hybridized carbons (Fsp3) is 0.556. The van der Waals surface area contributed by atoms with Crippen LogP contribution in [0.3, 0.4) is 0 Å². The van der Waals surface area contributed by atoms with E-state index in [4.69, 9.17) is 9.72 Å². The lowest BCUT2D eigenvalue weighted by molar-refractivity contribution is 0.0601. The zero-order chi connectivity index (χ0) is 16.2. The van der Waals surface area contributed by atoms with E-state index in [9.17, 15) is 4.79 Å². The highest BCUT2D eigenvalue weighted by Crippen LogP contribution is 2.35. The van der Waals surface area contributed by atoms with Gasteiger partial charge in [-0.25, -0.2) is 9.78 Å². The van der Waals surface area contributed by atoms with Crippen molar-refractivity contribution in [1.82, 2.24) is 9.55 Å². The van der Waals surface area contributed by atoms with E-state index >= 15 is 0 Å². The first-order chi connectivity index (χ1) is 11.2. The largest absolute Gasteiger partial charge is 0.465 e. The summed E-state index contributed by atoms with van der Waals surface area (Å²) < 4.78 is 7.14. The number of benzene rings is 1. The number of aromatic nitrogens is 2. The Morgan fingerprint density at radius 2 is 2.17 bits per heavy atom. The van der Waals surface area contributed by atoms with Gasteiger partial charge in [0.2, 0.25) is 5.95 Å². The summed E-state index contributed by atoms with van der Waals surface area (Å²) >= 11 is 0. The summed E-state index contributed by atoms with van der Waals surface area (Å²) in [5.41, 5.74) is 2.51. The Bertz CT molecular complexity index is 687. The molecule has 1 aliphatic carbocycles. The summed E-state index contributed by atoms with van der Waals surface area (Å²) in [6.45, 7) is 3.11. The van der Waals surface area contributed by atoms with Gasteiger partial charge in [-0.1, -0.05) is 26.2 Å². The highest BCUT2D eigenvalue weighted by Gasteiger charge is 2.23. The molecular formula is C18H25N3O2. The molecule has 0 unspecified atom stereocenters. The molecule has 1 aromatic carbocycles. The second-order valence-electron chi connectivity index (χ2n) is 6.22. The molecule has 0 spiro atoms. The SMILES string of the molecule is CCCCNc1nc2cc(C(=O)OC)ccc2n1C1CCCC1. The lowest BCUT2D eigenvalue weighted by Gasteiger charge is -2.17. The monoisotopic (exact) mass is 315 g/mol. The van der Waals surface area contributed by atoms with Crippen molar-refractivity contribution < 1.29 is 9.53 Å². The van der Waals surface area contributed by atoms with Crippen molar-refractivity contribution in [3.63, 3.8) is 0 Å². The highest BCUT2D eigenvalue weighted by molar-refractivity contribution is 5.94. The minimum absolute atomic E-state index is 0.317. The number of nitrogens with zero attached hydrogens (tertiary/aromatic N) is 2. The summed E-state index contributed by atoms with van der Waals surface area (Å²) in [5, 5.41) is 3.48. The number of methoxy groups -OCH3 is 1. The number of imidazole rings is 1. The molecule has 1 aliphatic rings. The first-order valence-corrected chi connectivity index (χ1v) is 8.58. The third-order valence-corrected chi connectivity index (χ3v) is 4.61. The maximum Gasteiger partial charge on any atom is 0.337 e. The third-order valence-electron chi connectivity index (χ3n) is 4.61. The maximum absolute atomic E-state index is 11.7. The number of fused-ring (bicyclic) bond motifs is 1. The average Bonchev–Trinajstić information content (AvgIpc) is 3.20. The zero-order valence-electron chi connectivity index (χ0n) is 14.0. The van der Waals surface area contributed by atoms with Gasteiger partial charge in [0, 0.05) is 12.6 Å². The molecule has 3 rings (SSSR count). The quantitative estimate of drug-likeness (QED) is 0.642. The number of carbonyl (C=O) groups excluding carboxylic acids is 1. The van der Waals surface area contributed by atoms with Crippen molar-refractivity contribution >= 4 is 23.0 Å². The van der Waals surface area contributed by atoms with Crippen molar-refractivity contribution in [1.29, 1.82) is 0 Å². The van der Waals surface area contributed by atoms with E-state index < -0.39 is 0 Å². The number of hydrogen-bond donors (Lipinski definition) is 1. The van der Waals surface area contributed by atoms with Gasteiger partial charge in [0.25, 0.3) is 0 Å². The summed E-state index contributed by atoms with van der Waals surface area (Å²) in [5.74, 6) is 0.616. The highest BCUT2D eigenvalue weighted by atomic mass is 16.5. The Morgan fingerprint density at radius 1 is 1.39 bits per heavy atom. The predicted molar refractivity (Wildman–Crippen MR) is 92.0 cm³/mol. The number of unbranched alkanes of at least 4 members (excludes halogenated alkanes) is 1. The van der Waals surface area contributed by atoms with E-state index in [2.05, 4.69) is 16.8 Å². The molecule has 1 fully saturated rings. The van der Waals surface area contributed by atoms with Crippen molar-refractivity contribution in [2.24, 2.45) is 0 Å². The number of carbonyl (C=O) groups is 1. The van der Waals surface area contributed by atoms with Crippen LogP contribution in [0.1, 0.15) is 61.8 Å². The van der Waals surface area contributed by atoms with E-state index in [0.29, 0.717) is 11.6 Å². The Kier molecular flexibility index (Phi) is 4.84. The summed E-state index contributed by atoms with van der Waals surface area (Å²) in [6.07, 6.45) is 7.24. The molecule has 1 N–H and O–H groups in total. The predicted octanol–water partition coefficient (Wildman–Crippen LogP) is 4.15. The van der Waals surface area contributed by atoms with E-state index in [-0.39, 0.29) is 5.97 Å². The topological polar surface area (TPSA) is 56.1 Å². The van der Waals surface area contributed by atoms with Gasteiger partial charge in [-0.15, -0.1) is 0 Å². The Hall–Kier alpha value is -2.04. The molecule has 0 bridgehead atoms. The number of nitrogens with one attached hydrogen (secondary N) is 1. The molecule has 124 valence electrons. The van der Waals surface area contributed by atoms with Crippen molar-refractivity contribution in [3.05, 3.63) is 23.8 Å². The summed E-state index contributed by atoms with van der Waals surface area (Å²) in [6, 6.07) is 6.17. The van der Waals surface area contributed by atoms with Crippen molar-refractivity contribution in [2.75, 3.05) is 19.0 Å². The van der Waals surface area contributed by atoms with Crippen LogP contribution >= 0.6 is 0 Å². The van der Waals surface area contributed by atoms with Crippen LogP contribution in [0.5, 0.6) is 0 Å². The molecule has 0 atom stereocenters. The van der Waals surface area contributed by atoms with Crippen LogP contribution in [0.2, 0.25) is 0 Å². The number of hydrogen-bond acceptors (Lipinski definition) is 4. The van der Waals surface area contributed by atoms with Crippen LogP contribution in [-0.2, 0) is 4.74 Å². The second-order valence-corrected chi connectivity index (χ2v) is 6.22. The standard InChI is InChI=1S/C18H25N3O2/c1-3-4-11-19-18-20-15-12-13(17(22)23-2)9-10-16(15)21(18)14-7-5-6-8-14/h9-10,12,14H,3-8,11H2,1-2H3,(H,19,20). The van der Waals surface area contributed by atoms with Crippen molar-refractivity contribution in [3.8, 4) is 0 Å². The zero-order valence-corrected chi connectivity index (χ0v) is 14.0. The molecule has 1 heterocycles. The minimum Gasteiger partial charge on any atom is -0.465 e. The third kappa shape index (κ3) is 3.19. The van der Waals surface area contributed by atoms with Crippen LogP contribution in [0.25, 0.3) is 11.0 Å². The molecule has 0 saturated heterocycles. The van der Waals surface area contributed by atoms with Gasteiger partial charge >= 0.3 is 5.97 Å². The average molecular weight is 315 g/mol. The smallest absolute Gasteiger partial charge is 0.337 e. The van der Waals surface area contributed by atoms with Crippen LogP contribution in [-0.4, -0.2) is 29.2 Å². The van der Waals surface area contributed by atoms with E-state index in [1.54, 1.807) is 0 Å². The molecule has 23 heavy (non-hydrogen) atoms. The van der Waals surface area contributed by atoms with E-state index in [1.165, 1.54) is 32.8 Å². The Labute approximate surface area is 137 Å². The maximum atomic E-state index is 11.7. The van der Waals surface area contributed by atoms with Gasteiger partial charge in [-0.2, -0.15) is 0 Å². The molecule has 0 amide bonds. The van der Waals surface area contributed by atoms with Gasteiger partial charge in [0.1, 0.15) is 0 Å². The number of esters is 1. The molecule has 5 nitrogen and oxygen atoms in total. The number of anilines is 1. The summed E-state index contributed by atoms with van der Waals surface area (Å²) in [7, 11) is 1.40. The van der Waals surface area contributed by atoms with Crippen LogP contribution < -0.4 is 5.32 Å². The normalized spacial score (nSPS) is 15.2. The van der Waals surface area contributed by atoms with Gasteiger partial charge in [0.15, 0.2) is 0 Å². The van der Waals surface area contributed by atoms with Crippen LogP contribution in [0.15, 0.2) is 18.2 Å². The van der Waals surface area contributed by atoms with Crippen LogP contribution in [0, 0.1) is 0 Å². The molecule has 0 aliphatic heterocycles. The molecule has 2 aromatic rings. The minimum atomic E-state index is -0.317. The Morgan fingerprint density at radius 3 is 2.87 bits per heavy atom. The lowest BCUT2D eigenvalue weighted by Crippen LogP contribution is -2.12. The lowest BCUT2D eigenvalue weighted by atomic mass is 10.2. The van der Waals surface area contributed by atoms with E-state index in [1.807, 2.05) is 18.2 Å². The summed E-state index contributed by atoms with van der Waals surface area (Å²) in [4.78, 5) is 16.5. The number of ether oxygens (including phenoxy) is 1. The first kappa shape index (κ1) is 15.8. The van der Waals surface area contributed by atoms with Gasteiger partial charge in [-0.3, -0.25) is 0 Å². The first-order valence-electron chi connectivity index (χ1n) is 8.58. The van der Waals surface area contributed by atoms with Gasteiger partial charge < -0.3 is 14.6 Å². The fourth-order valence-corrected chi connectivity index (χ4v) is 3.38. The number of rotatable bonds is 6. The van der Waals surface area contributed by atoms with Crippen LogP contribution in [0.4, 0.5) is 5.95 Å². The molecular weight excluding hydrogens is 290 g/mol. The molecule has 1 aromatic heterocycles. The van der Waals surface area contributed by atoms with Crippen molar-refractivity contribution in [2.45, 2.75) is 51.5 Å². The van der Waals surface area contributed by atoms with E-state index in [0.717, 1.165) is 36.4 Å². The molecule has 1 saturated carbocycles. The molecule has 0 radical (unpaired) electrons. The molecule has 5 heteroatoms. The Balaban J connectivity index is 2.00. The van der Waals surface area contributed by atoms with Gasteiger partial charge in [0.05, 0.1) is 23.7 Å².